The lowest BCUT2D eigenvalue weighted by Gasteiger charge is -2.24. The Morgan fingerprint density at radius 1 is 1.28 bits per heavy atom. The van der Waals surface area contributed by atoms with Crippen LogP contribution in [0.4, 0.5) is 13.2 Å². The fourth-order valence-electron chi connectivity index (χ4n) is 3.28. The lowest BCUT2D eigenvalue weighted by atomic mass is 9.99. The van der Waals surface area contributed by atoms with Gasteiger partial charge in [-0.2, -0.15) is 0 Å². The van der Waals surface area contributed by atoms with Gasteiger partial charge in [-0.05, 0) is 31.0 Å². The molecule has 32 heavy (non-hydrogen) atoms. The van der Waals surface area contributed by atoms with Gasteiger partial charge in [0.25, 0.3) is 5.92 Å². The molecule has 0 unspecified atom stereocenters. The molecule has 4 N–H and O–H groups in total. The summed E-state index contributed by atoms with van der Waals surface area (Å²) in [6.07, 6.45) is 0.638. The molecule has 3 rings (SSSR count). The van der Waals surface area contributed by atoms with E-state index in [4.69, 9.17) is 10.5 Å². The third-order valence-corrected chi connectivity index (χ3v) is 5.49. The first-order valence-electron chi connectivity index (χ1n) is 9.20. The van der Waals surface area contributed by atoms with Gasteiger partial charge in [0.05, 0.1) is 18.5 Å². The van der Waals surface area contributed by atoms with E-state index in [0.717, 1.165) is 6.26 Å². The SMILES string of the molecule is Cc1ccc(CN)nc1Oc1cccc(C[C@@H]2NCC(F)(F)[C@@H]2NS(C)(=O)=O)c1F.Cl.Cl. The number of nitrogens with one attached hydrogen (secondary N) is 2. The van der Waals surface area contributed by atoms with E-state index in [0.29, 0.717) is 11.3 Å². The number of hydrogen-bond donors (Lipinski definition) is 3. The van der Waals surface area contributed by atoms with E-state index in [1.807, 2.05) is 4.72 Å². The van der Waals surface area contributed by atoms with Crippen LogP contribution in [0, 0.1) is 12.7 Å². The Hall–Kier alpha value is -1.63. The minimum atomic E-state index is -3.88. The fourth-order valence-corrected chi connectivity index (χ4v) is 4.08. The van der Waals surface area contributed by atoms with Gasteiger partial charge >= 0.3 is 0 Å². The largest absolute Gasteiger partial charge is 0.436 e. The summed E-state index contributed by atoms with van der Waals surface area (Å²) in [5.41, 5.74) is 6.93. The van der Waals surface area contributed by atoms with Crippen molar-refractivity contribution in [3.05, 3.63) is 53.0 Å². The van der Waals surface area contributed by atoms with Crippen molar-refractivity contribution in [1.29, 1.82) is 0 Å². The molecule has 0 spiro atoms. The summed E-state index contributed by atoms with van der Waals surface area (Å²) in [4.78, 5) is 4.23. The van der Waals surface area contributed by atoms with Crippen LogP contribution in [0.1, 0.15) is 16.8 Å². The molecule has 1 saturated heterocycles. The highest BCUT2D eigenvalue weighted by atomic mass is 35.5. The summed E-state index contributed by atoms with van der Waals surface area (Å²) in [7, 11) is -3.88. The van der Waals surface area contributed by atoms with Crippen molar-refractivity contribution < 1.29 is 26.3 Å². The van der Waals surface area contributed by atoms with Gasteiger partial charge in [0, 0.05) is 18.2 Å². The smallest absolute Gasteiger partial charge is 0.277 e. The molecule has 1 aliphatic rings. The number of ether oxygens (including phenoxy) is 1. The lowest BCUT2D eigenvalue weighted by molar-refractivity contribution is -0.000842. The molecular formula is C19H25Cl2F3N4O3S. The first kappa shape index (κ1) is 28.4. The molecule has 1 fully saturated rings. The van der Waals surface area contributed by atoms with Crippen molar-refractivity contribution in [2.24, 2.45) is 5.73 Å². The Balaban J connectivity index is 0.00000256. The van der Waals surface area contributed by atoms with Gasteiger partial charge in [0.1, 0.15) is 6.04 Å². The summed E-state index contributed by atoms with van der Waals surface area (Å²) in [6.45, 7) is 1.23. The second kappa shape index (κ2) is 11.0. The quantitative estimate of drug-likeness (QED) is 0.522. The van der Waals surface area contributed by atoms with Gasteiger partial charge in [-0.25, -0.2) is 31.3 Å². The van der Waals surface area contributed by atoms with Gasteiger partial charge in [-0.1, -0.05) is 18.2 Å². The summed E-state index contributed by atoms with van der Waals surface area (Å²) in [6, 6.07) is 5.16. The molecule has 0 amide bonds. The van der Waals surface area contributed by atoms with E-state index in [2.05, 4.69) is 10.3 Å². The van der Waals surface area contributed by atoms with E-state index < -0.39 is 40.4 Å². The van der Waals surface area contributed by atoms with Crippen LogP contribution in [-0.4, -0.2) is 44.2 Å². The van der Waals surface area contributed by atoms with Crippen molar-refractivity contribution in [2.45, 2.75) is 37.9 Å². The number of aryl methyl sites for hydroxylation is 1. The van der Waals surface area contributed by atoms with Crippen LogP contribution >= 0.6 is 24.8 Å². The van der Waals surface area contributed by atoms with Crippen molar-refractivity contribution in [3.8, 4) is 11.6 Å². The van der Waals surface area contributed by atoms with Gasteiger partial charge in [-0.3, -0.25) is 0 Å². The highest BCUT2D eigenvalue weighted by Gasteiger charge is 2.51. The number of nitrogens with zero attached hydrogens (tertiary/aromatic N) is 1. The maximum absolute atomic E-state index is 15.1. The van der Waals surface area contributed by atoms with Crippen molar-refractivity contribution in [2.75, 3.05) is 12.8 Å². The van der Waals surface area contributed by atoms with Crippen molar-refractivity contribution >= 4 is 34.8 Å². The third kappa shape index (κ3) is 6.69. The maximum Gasteiger partial charge on any atom is 0.277 e. The Labute approximate surface area is 197 Å². The topological polar surface area (TPSA) is 106 Å². The van der Waals surface area contributed by atoms with Crippen LogP contribution in [0.5, 0.6) is 11.6 Å². The molecule has 2 heterocycles. The van der Waals surface area contributed by atoms with Gasteiger partial charge in [-0.15, -0.1) is 24.8 Å². The number of nitrogens with two attached hydrogens (primary N) is 1. The molecule has 1 aromatic heterocycles. The lowest BCUT2D eigenvalue weighted by Crippen LogP contribution is -2.51. The maximum atomic E-state index is 15.1. The average Bonchev–Trinajstić information content (AvgIpc) is 2.93. The Morgan fingerprint density at radius 2 is 1.97 bits per heavy atom. The zero-order chi connectivity index (χ0) is 22.1. The number of alkyl halides is 2. The number of pyridine rings is 1. The first-order chi connectivity index (χ1) is 14.0. The number of halogens is 5. The molecule has 7 nitrogen and oxygen atoms in total. The molecule has 13 heteroatoms. The number of benzene rings is 1. The Kier molecular flexibility index (Phi) is 9.76. The molecule has 2 atom stereocenters. The van der Waals surface area contributed by atoms with Gasteiger partial charge in [0.2, 0.25) is 15.9 Å². The minimum absolute atomic E-state index is 0. The van der Waals surface area contributed by atoms with E-state index in [1.54, 1.807) is 19.1 Å². The molecule has 1 aliphatic heterocycles. The molecule has 0 saturated carbocycles. The minimum Gasteiger partial charge on any atom is -0.436 e. The second-order valence-electron chi connectivity index (χ2n) is 7.28. The molecule has 0 radical (unpaired) electrons. The van der Waals surface area contributed by atoms with Crippen LogP contribution in [-0.2, 0) is 23.0 Å². The molecule has 180 valence electrons. The predicted octanol–water partition coefficient (Wildman–Crippen LogP) is 2.69. The standard InChI is InChI=1S/C19H23F3N4O3S.2ClH/c1-11-6-7-13(9-23)25-18(11)29-15-5-3-4-12(16(15)20)8-14-17(26-30(2,27)28)19(21,22)10-24-14;;/h3-7,14,17,24,26H,8-10,23H2,1-2H3;2*1H/t14-,17+;;/m0../s1. The van der Waals surface area contributed by atoms with Crippen LogP contribution in [0.25, 0.3) is 0 Å². The van der Waals surface area contributed by atoms with E-state index in [9.17, 15) is 17.2 Å². The normalized spacial score (nSPS) is 19.7. The van der Waals surface area contributed by atoms with E-state index >= 15 is 4.39 Å². The molecule has 1 aromatic carbocycles. The van der Waals surface area contributed by atoms with Crippen LogP contribution < -0.4 is 20.5 Å². The third-order valence-electron chi connectivity index (χ3n) is 4.81. The zero-order valence-corrected chi connectivity index (χ0v) is 19.7. The highest BCUT2D eigenvalue weighted by Crippen LogP contribution is 2.32. The van der Waals surface area contributed by atoms with E-state index in [-0.39, 0.29) is 55.0 Å². The number of hydrogen-bond acceptors (Lipinski definition) is 6. The summed E-state index contributed by atoms with van der Waals surface area (Å²) >= 11 is 0. The molecular weight excluding hydrogens is 492 g/mol. The predicted molar refractivity (Wildman–Crippen MR) is 120 cm³/mol. The zero-order valence-electron chi connectivity index (χ0n) is 17.3. The van der Waals surface area contributed by atoms with Crippen LogP contribution in [0.2, 0.25) is 0 Å². The second-order valence-corrected chi connectivity index (χ2v) is 9.06. The Morgan fingerprint density at radius 3 is 2.59 bits per heavy atom. The number of rotatable bonds is 7. The molecule has 0 bridgehead atoms. The first-order valence-corrected chi connectivity index (χ1v) is 11.1. The van der Waals surface area contributed by atoms with Gasteiger partial charge < -0.3 is 15.8 Å². The Bertz CT molecular complexity index is 1040. The van der Waals surface area contributed by atoms with Crippen LogP contribution in [0.3, 0.4) is 0 Å². The van der Waals surface area contributed by atoms with Gasteiger partial charge in [0.15, 0.2) is 11.6 Å². The van der Waals surface area contributed by atoms with Crippen molar-refractivity contribution in [1.82, 2.24) is 15.0 Å². The number of sulfonamides is 1. The summed E-state index contributed by atoms with van der Waals surface area (Å²) in [5.74, 6) is -3.96. The average molecular weight is 517 g/mol. The van der Waals surface area contributed by atoms with Crippen LogP contribution in [0.15, 0.2) is 30.3 Å². The summed E-state index contributed by atoms with van der Waals surface area (Å²) in [5, 5.41) is 2.58. The summed E-state index contributed by atoms with van der Waals surface area (Å²) < 4.78 is 73.9. The molecule has 2 aromatic rings. The fraction of sp³-hybridized carbons (Fsp3) is 0.421. The van der Waals surface area contributed by atoms with E-state index in [1.165, 1.54) is 18.2 Å². The molecule has 0 aliphatic carbocycles. The highest BCUT2D eigenvalue weighted by molar-refractivity contribution is 7.88. The monoisotopic (exact) mass is 516 g/mol. The van der Waals surface area contributed by atoms with Crippen molar-refractivity contribution in [3.63, 3.8) is 0 Å². The number of aromatic nitrogens is 1.